The fraction of sp³-hybridized carbons (Fsp3) is 0.652. The number of nitrogens with one attached hydrogen (secondary N) is 3. The van der Waals surface area contributed by atoms with Gasteiger partial charge in [-0.1, -0.05) is 73.1 Å². The Balaban J connectivity index is 1.79. The maximum atomic E-state index is 14.4. The number of rotatable bonds is 23. The van der Waals surface area contributed by atoms with Gasteiger partial charge >= 0.3 is 0 Å². The molecule has 0 saturated carbocycles. The third kappa shape index (κ3) is 14.0. The number of carbonyl (C=O) groups excluding carboxylic acids is 5. The van der Waals surface area contributed by atoms with E-state index in [0.717, 1.165) is 17.5 Å². The molecule has 0 aliphatic carbocycles. The Morgan fingerprint density at radius 3 is 2.10 bits per heavy atom. The van der Waals surface area contributed by atoms with E-state index in [2.05, 4.69) is 20.9 Å². The lowest BCUT2D eigenvalue weighted by Crippen LogP contribution is -2.59. The van der Waals surface area contributed by atoms with Gasteiger partial charge in [0, 0.05) is 58.9 Å². The minimum absolute atomic E-state index is 0.00718. The molecule has 61 heavy (non-hydrogen) atoms. The van der Waals surface area contributed by atoms with Crippen molar-refractivity contribution in [2.45, 2.75) is 130 Å². The normalized spacial score (nSPS) is 18.1. The number of nitrogens with zero attached hydrogens (tertiary/aromatic N) is 4. The number of anilines is 1. The van der Waals surface area contributed by atoms with Gasteiger partial charge in [0.1, 0.15) is 12.1 Å². The number of aromatic nitrogens is 1. The molecule has 0 spiro atoms. The van der Waals surface area contributed by atoms with E-state index in [9.17, 15) is 24.0 Å². The third-order valence-electron chi connectivity index (χ3n) is 12.2. The van der Waals surface area contributed by atoms with Crippen LogP contribution >= 0.6 is 0 Å². The highest BCUT2D eigenvalue weighted by Gasteiger charge is 2.43. The van der Waals surface area contributed by atoms with Crippen LogP contribution in [0.1, 0.15) is 85.3 Å². The summed E-state index contributed by atoms with van der Waals surface area (Å²) in [6, 6.07) is 7.83. The van der Waals surface area contributed by atoms with Crippen LogP contribution in [0, 0.1) is 23.7 Å². The molecule has 5 amide bonds. The first-order valence-electron chi connectivity index (χ1n) is 21.8. The molecule has 0 unspecified atom stereocenters. The molecule has 9 atom stereocenters. The Kier molecular flexibility index (Phi) is 20.1. The lowest BCUT2D eigenvalue weighted by molar-refractivity contribution is -0.148. The van der Waals surface area contributed by atoms with Crippen LogP contribution in [0.2, 0.25) is 0 Å². The van der Waals surface area contributed by atoms with Crippen LogP contribution in [-0.4, -0.2) is 134 Å². The highest BCUT2D eigenvalue weighted by Crippen LogP contribution is 2.30. The van der Waals surface area contributed by atoms with Crippen molar-refractivity contribution in [1.82, 2.24) is 35.6 Å². The average Bonchev–Trinajstić information content (AvgIpc) is 3.71. The van der Waals surface area contributed by atoms with Crippen LogP contribution < -0.4 is 21.7 Å². The van der Waals surface area contributed by atoms with E-state index in [1.165, 1.54) is 7.11 Å². The summed E-state index contributed by atoms with van der Waals surface area (Å²) in [5, 5.41) is 8.95. The second-order valence-corrected chi connectivity index (χ2v) is 17.6. The molecule has 0 radical (unpaired) electrons. The van der Waals surface area contributed by atoms with E-state index in [1.807, 2.05) is 78.7 Å². The van der Waals surface area contributed by atoms with Crippen LogP contribution in [-0.2, 0) is 46.4 Å². The summed E-state index contributed by atoms with van der Waals surface area (Å²) in [5.74, 6) is -2.31. The number of hydrogen-bond acceptors (Lipinski definition) is 10. The van der Waals surface area contributed by atoms with Crippen LogP contribution in [0.25, 0.3) is 0 Å². The maximum Gasteiger partial charge on any atom is 0.245 e. The number of nitrogens with two attached hydrogens (primary N) is 1. The zero-order chi connectivity index (χ0) is 45.6. The number of methoxy groups -OCH3 is 2. The van der Waals surface area contributed by atoms with Crippen LogP contribution in [0.5, 0.6) is 0 Å². The zero-order valence-corrected chi connectivity index (χ0v) is 38.6. The molecule has 1 fully saturated rings. The number of ether oxygens (including phenoxy) is 2. The summed E-state index contributed by atoms with van der Waals surface area (Å²) in [5.41, 5.74) is 8.09. The lowest BCUT2D eigenvalue weighted by Gasteiger charge is -2.41. The molecule has 1 aromatic carbocycles. The molecular weight excluding hydrogens is 777 g/mol. The van der Waals surface area contributed by atoms with E-state index in [0.29, 0.717) is 25.1 Å². The maximum absolute atomic E-state index is 14.4. The number of hydrogen-bond donors (Lipinski definition) is 4. The van der Waals surface area contributed by atoms with Gasteiger partial charge in [0.2, 0.25) is 29.5 Å². The molecule has 1 aromatic heterocycles. The SMILES string of the molecule is CC[C@H](C)[C@@H]([C@@H](CC(=O)N1CCC[C@H]1[C@H](OC)[C@@H](C)C(=O)N[C@@H](Cc1cccnc1)C(=O)NCc1ccc(N)cc1)OC)N(C)C(=O)[C@@H](NC(=O)[C@H](C(C)C)N(C)C)C(C)C. The summed E-state index contributed by atoms with van der Waals surface area (Å²) < 4.78 is 12.1. The molecule has 2 heterocycles. The van der Waals surface area contributed by atoms with Crippen molar-refractivity contribution >= 4 is 35.2 Å². The Morgan fingerprint density at radius 1 is 0.885 bits per heavy atom. The molecule has 3 rings (SSSR count). The van der Waals surface area contributed by atoms with Crippen molar-refractivity contribution in [1.29, 1.82) is 0 Å². The summed E-state index contributed by atoms with van der Waals surface area (Å²) in [6.07, 6.45) is 4.24. The number of amides is 5. The molecule has 340 valence electrons. The number of nitrogen functional groups attached to an aromatic ring is 1. The summed E-state index contributed by atoms with van der Waals surface area (Å²) in [4.78, 5) is 79.3. The highest BCUT2D eigenvalue weighted by molar-refractivity contribution is 5.90. The first-order valence-corrected chi connectivity index (χ1v) is 21.8. The smallest absolute Gasteiger partial charge is 0.245 e. The number of likely N-dealkylation sites (tertiary alicyclic amines) is 1. The van der Waals surface area contributed by atoms with Crippen molar-refractivity contribution in [3.8, 4) is 0 Å². The number of pyridine rings is 1. The molecule has 1 aliphatic rings. The third-order valence-corrected chi connectivity index (χ3v) is 12.2. The minimum Gasteiger partial charge on any atom is -0.399 e. The van der Waals surface area contributed by atoms with E-state index >= 15 is 0 Å². The molecule has 15 nitrogen and oxygen atoms in total. The topological polar surface area (TPSA) is 189 Å². The van der Waals surface area contributed by atoms with Crippen LogP contribution in [0.4, 0.5) is 5.69 Å². The quantitative estimate of drug-likeness (QED) is 0.120. The summed E-state index contributed by atoms with van der Waals surface area (Å²) in [6.45, 7) is 14.3. The van der Waals surface area contributed by atoms with Gasteiger partial charge in [-0.05, 0) is 74.0 Å². The van der Waals surface area contributed by atoms with Gasteiger partial charge in [0.05, 0.1) is 42.7 Å². The predicted molar refractivity (Wildman–Crippen MR) is 238 cm³/mol. The number of benzene rings is 1. The van der Waals surface area contributed by atoms with Crippen molar-refractivity contribution in [2.24, 2.45) is 23.7 Å². The Bertz CT molecular complexity index is 1700. The van der Waals surface area contributed by atoms with Crippen molar-refractivity contribution in [3.63, 3.8) is 0 Å². The first-order chi connectivity index (χ1) is 28.9. The molecule has 0 bridgehead atoms. The molecule has 15 heteroatoms. The predicted octanol–water partition coefficient (Wildman–Crippen LogP) is 3.65. The van der Waals surface area contributed by atoms with E-state index < -0.39 is 48.3 Å². The fourth-order valence-electron chi connectivity index (χ4n) is 8.63. The van der Waals surface area contributed by atoms with Gasteiger partial charge in [-0.15, -0.1) is 0 Å². The van der Waals surface area contributed by atoms with Gasteiger partial charge in [0.15, 0.2) is 0 Å². The molecule has 2 aromatic rings. The monoisotopic (exact) mass is 851 g/mol. The Labute approximate surface area is 364 Å². The lowest BCUT2D eigenvalue weighted by atomic mass is 9.89. The van der Waals surface area contributed by atoms with Crippen molar-refractivity contribution in [2.75, 3.05) is 47.6 Å². The zero-order valence-electron chi connectivity index (χ0n) is 38.6. The van der Waals surface area contributed by atoms with E-state index in [-0.39, 0.29) is 66.7 Å². The second-order valence-electron chi connectivity index (χ2n) is 17.6. The molecular formula is C46H74N8O7. The first kappa shape index (κ1) is 50.8. The van der Waals surface area contributed by atoms with Gasteiger partial charge < -0.3 is 41.0 Å². The van der Waals surface area contributed by atoms with Gasteiger partial charge in [-0.3, -0.25) is 33.9 Å². The van der Waals surface area contributed by atoms with Crippen LogP contribution in [0.3, 0.4) is 0 Å². The van der Waals surface area contributed by atoms with Crippen molar-refractivity contribution < 1.29 is 33.4 Å². The highest BCUT2D eigenvalue weighted by atomic mass is 16.5. The second kappa shape index (κ2) is 24.1. The summed E-state index contributed by atoms with van der Waals surface area (Å²) in [7, 11) is 8.51. The fourth-order valence-corrected chi connectivity index (χ4v) is 8.63. The van der Waals surface area contributed by atoms with Gasteiger partial charge in [-0.25, -0.2) is 0 Å². The van der Waals surface area contributed by atoms with Gasteiger partial charge in [0.25, 0.3) is 0 Å². The largest absolute Gasteiger partial charge is 0.399 e. The number of carbonyl (C=O) groups is 5. The van der Waals surface area contributed by atoms with E-state index in [1.54, 1.807) is 61.5 Å². The number of likely N-dealkylation sites (N-methyl/N-ethyl adjacent to an activating group) is 2. The minimum atomic E-state index is -0.903. The Morgan fingerprint density at radius 2 is 1.56 bits per heavy atom. The van der Waals surface area contributed by atoms with Crippen LogP contribution in [0.15, 0.2) is 48.8 Å². The molecule has 1 saturated heterocycles. The molecule has 5 N–H and O–H groups in total. The Hall–Kier alpha value is -4.60. The van der Waals surface area contributed by atoms with Gasteiger partial charge in [-0.2, -0.15) is 0 Å². The molecule has 1 aliphatic heterocycles. The van der Waals surface area contributed by atoms with Crippen molar-refractivity contribution in [3.05, 3.63) is 59.9 Å². The standard InChI is InChI=1S/C46H74N8O7/c1-13-30(6)41(53(10)46(59)39(28(2)3)51-45(58)40(29(4)5)52(8)9)37(60-11)25-38(55)54-23-15-17-36(54)42(61-12)31(7)43(56)50-35(24-33-16-14-22-48-26-33)44(57)49-27-32-18-20-34(47)21-19-32/h14,16,18-22,26,28-31,35-37,39-42H,13,15,17,23-25,27,47H2,1-12H3,(H,49,57)(H,50,56)(H,51,58)/t30-,31+,35-,36-,37+,39-,40-,41-,42+/m0/s1. The average molecular weight is 851 g/mol. The summed E-state index contributed by atoms with van der Waals surface area (Å²) >= 11 is 0. The van der Waals surface area contributed by atoms with E-state index in [4.69, 9.17) is 15.2 Å².